The van der Waals surface area contributed by atoms with Crippen LogP contribution < -0.4 is 15.5 Å². The van der Waals surface area contributed by atoms with Crippen molar-refractivity contribution in [3.8, 4) is 0 Å². The first-order valence-electron chi connectivity index (χ1n) is 15.6. The number of rotatable bonds is 9. The van der Waals surface area contributed by atoms with Crippen LogP contribution in [-0.2, 0) is 4.79 Å². The normalized spacial score (nSPS) is 24.0. The highest BCUT2D eigenvalue weighted by Crippen LogP contribution is 2.36. The predicted octanol–water partition coefficient (Wildman–Crippen LogP) is 3.62. The molecule has 0 unspecified atom stereocenters. The molecule has 10 heteroatoms. The van der Waals surface area contributed by atoms with Gasteiger partial charge in [0.15, 0.2) is 17.0 Å². The second-order valence-corrected chi connectivity index (χ2v) is 12.2. The standard InChI is InChI=1S/C33H39N7O3/c41-28-25(36-32(43)23-14-9-15-23)18-26(29(28)42)40-20-35-27-30(37-33(38-31(27)40)39-16-7-8-17-39)34-19-24(21-10-3-1-4-11-21)22-12-5-2-6-13-22/h1-6,10-13,20,23-26,28-29,41-42H,7-9,14-19H2,(H,36,43)(H,34,37,38)/t25-,26+,28+,29-/m0/s1. The van der Waals surface area contributed by atoms with Gasteiger partial charge in [-0.2, -0.15) is 9.97 Å². The average molecular weight is 582 g/mol. The number of carbonyl (C=O) groups excluding carboxylic acids is 1. The quantitative estimate of drug-likeness (QED) is 0.236. The van der Waals surface area contributed by atoms with Crippen LogP contribution in [0, 0.1) is 5.92 Å². The number of amides is 1. The fourth-order valence-electron chi connectivity index (χ4n) is 6.73. The van der Waals surface area contributed by atoms with Crippen LogP contribution in [0.15, 0.2) is 67.0 Å². The molecule has 1 saturated heterocycles. The zero-order valence-corrected chi connectivity index (χ0v) is 24.2. The fraction of sp³-hybridized carbons (Fsp3) is 0.455. The van der Waals surface area contributed by atoms with Gasteiger partial charge >= 0.3 is 0 Å². The Kier molecular flexibility index (Phi) is 7.71. The lowest BCUT2D eigenvalue weighted by Gasteiger charge is -2.27. The van der Waals surface area contributed by atoms with Crippen molar-refractivity contribution in [2.75, 3.05) is 29.9 Å². The van der Waals surface area contributed by atoms with E-state index >= 15 is 0 Å². The Hall–Kier alpha value is -4.02. The summed E-state index contributed by atoms with van der Waals surface area (Å²) in [6.45, 7) is 2.37. The highest BCUT2D eigenvalue weighted by atomic mass is 16.3. The molecule has 1 amide bonds. The first-order chi connectivity index (χ1) is 21.1. The summed E-state index contributed by atoms with van der Waals surface area (Å²) >= 11 is 0. The molecular weight excluding hydrogens is 542 g/mol. The molecule has 224 valence electrons. The number of benzene rings is 2. The smallest absolute Gasteiger partial charge is 0.229 e. The minimum atomic E-state index is -1.07. The summed E-state index contributed by atoms with van der Waals surface area (Å²) in [6.07, 6.45) is 4.94. The number of hydrogen-bond acceptors (Lipinski definition) is 8. The lowest BCUT2D eigenvalue weighted by Crippen LogP contribution is -2.46. The van der Waals surface area contributed by atoms with E-state index in [1.807, 2.05) is 16.7 Å². The Balaban J connectivity index is 1.20. The van der Waals surface area contributed by atoms with Gasteiger partial charge in [-0.05, 0) is 43.2 Å². The number of anilines is 2. The molecule has 4 aromatic rings. The molecule has 0 radical (unpaired) electrons. The molecular formula is C33H39N7O3. The van der Waals surface area contributed by atoms with Crippen molar-refractivity contribution in [3.05, 3.63) is 78.1 Å². The van der Waals surface area contributed by atoms with Crippen LogP contribution in [0.2, 0.25) is 0 Å². The van der Waals surface area contributed by atoms with Gasteiger partial charge in [-0.1, -0.05) is 67.1 Å². The Labute approximate surface area is 251 Å². The van der Waals surface area contributed by atoms with E-state index in [9.17, 15) is 15.0 Å². The van der Waals surface area contributed by atoms with Crippen molar-refractivity contribution in [1.82, 2.24) is 24.8 Å². The number of imidazole rings is 1. The van der Waals surface area contributed by atoms with Crippen molar-refractivity contribution in [3.63, 3.8) is 0 Å². The van der Waals surface area contributed by atoms with Crippen LogP contribution in [0.4, 0.5) is 11.8 Å². The average Bonchev–Trinajstić information content (AvgIpc) is 3.75. The maximum absolute atomic E-state index is 12.6. The number of fused-ring (bicyclic) bond motifs is 1. The van der Waals surface area contributed by atoms with Crippen LogP contribution >= 0.6 is 0 Å². The first-order valence-corrected chi connectivity index (χ1v) is 15.6. The molecule has 1 aliphatic heterocycles. The van der Waals surface area contributed by atoms with Gasteiger partial charge in [0.1, 0.15) is 12.2 Å². The molecule has 0 spiro atoms. The van der Waals surface area contributed by atoms with Crippen LogP contribution in [0.1, 0.15) is 61.6 Å². The molecule has 3 fully saturated rings. The number of aliphatic hydroxyl groups excluding tert-OH is 2. The van der Waals surface area contributed by atoms with Crippen molar-refractivity contribution < 1.29 is 15.0 Å². The molecule has 2 saturated carbocycles. The van der Waals surface area contributed by atoms with Gasteiger partial charge in [-0.3, -0.25) is 4.79 Å². The number of nitrogens with zero attached hydrogens (tertiary/aromatic N) is 5. The third-order valence-electron chi connectivity index (χ3n) is 9.49. The third-order valence-corrected chi connectivity index (χ3v) is 9.49. The van der Waals surface area contributed by atoms with Gasteiger partial charge in [0, 0.05) is 31.5 Å². The zero-order chi connectivity index (χ0) is 29.3. The van der Waals surface area contributed by atoms with E-state index in [0.717, 1.165) is 45.2 Å². The topological polar surface area (TPSA) is 128 Å². The summed E-state index contributed by atoms with van der Waals surface area (Å²) < 4.78 is 1.86. The summed E-state index contributed by atoms with van der Waals surface area (Å²) in [7, 11) is 0. The minimum absolute atomic E-state index is 0.0115. The molecule has 2 aromatic carbocycles. The fourth-order valence-corrected chi connectivity index (χ4v) is 6.73. The number of hydrogen-bond donors (Lipinski definition) is 4. The second kappa shape index (κ2) is 11.9. The monoisotopic (exact) mass is 581 g/mol. The number of aromatic nitrogens is 4. The van der Waals surface area contributed by atoms with Gasteiger partial charge in [0.2, 0.25) is 11.9 Å². The van der Waals surface area contributed by atoms with Crippen LogP contribution in [-0.4, -0.2) is 73.5 Å². The van der Waals surface area contributed by atoms with Crippen molar-refractivity contribution in [1.29, 1.82) is 0 Å². The molecule has 0 bridgehead atoms. The van der Waals surface area contributed by atoms with E-state index in [1.54, 1.807) is 6.33 Å². The van der Waals surface area contributed by atoms with E-state index in [1.165, 1.54) is 11.1 Å². The summed E-state index contributed by atoms with van der Waals surface area (Å²) in [4.78, 5) is 29.5. The number of aliphatic hydroxyl groups is 2. The Bertz CT molecular complexity index is 1510. The van der Waals surface area contributed by atoms with Gasteiger partial charge in [-0.15, -0.1) is 0 Å². The van der Waals surface area contributed by atoms with Gasteiger partial charge < -0.3 is 30.3 Å². The maximum Gasteiger partial charge on any atom is 0.229 e. The molecule has 7 rings (SSSR count). The number of carbonyl (C=O) groups is 1. The molecule has 3 heterocycles. The van der Waals surface area contributed by atoms with E-state index < -0.39 is 24.3 Å². The van der Waals surface area contributed by atoms with E-state index in [-0.39, 0.29) is 17.7 Å². The van der Waals surface area contributed by atoms with Crippen molar-refractivity contribution in [2.45, 2.75) is 68.7 Å². The second-order valence-electron chi connectivity index (χ2n) is 12.2. The SMILES string of the molecule is O=C(N[C@H]1C[C@@H](n2cnc3c(NCC(c4ccccc4)c4ccccc4)nc(N4CCCC4)nc32)[C@H](O)[C@@H]1O)C1CCC1. The van der Waals surface area contributed by atoms with Gasteiger partial charge in [-0.25, -0.2) is 4.98 Å². The van der Waals surface area contributed by atoms with Crippen LogP contribution in [0.3, 0.4) is 0 Å². The molecule has 4 N–H and O–H groups in total. The zero-order valence-electron chi connectivity index (χ0n) is 24.2. The lowest BCUT2D eigenvalue weighted by atomic mass is 9.84. The largest absolute Gasteiger partial charge is 0.388 e. The molecule has 3 aliphatic rings. The molecule has 43 heavy (non-hydrogen) atoms. The molecule has 10 nitrogen and oxygen atoms in total. The Morgan fingerprint density at radius 3 is 2.21 bits per heavy atom. The van der Waals surface area contributed by atoms with Gasteiger partial charge in [0.25, 0.3) is 0 Å². The summed E-state index contributed by atoms with van der Waals surface area (Å²) in [5.41, 5.74) is 3.63. The van der Waals surface area contributed by atoms with E-state index in [4.69, 9.17) is 15.0 Å². The third kappa shape index (κ3) is 5.45. The highest BCUT2D eigenvalue weighted by Gasteiger charge is 2.44. The molecule has 4 atom stereocenters. The summed E-state index contributed by atoms with van der Waals surface area (Å²) in [5, 5.41) is 28.7. The summed E-state index contributed by atoms with van der Waals surface area (Å²) in [5.74, 6) is 1.35. The van der Waals surface area contributed by atoms with E-state index in [0.29, 0.717) is 35.9 Å². The van der Waals surface area contributed by atoms with E-state index in [2.05, 4.69) is 64.1 Å². The van der Waals surface area contributed by atoms with Crippen molar-refractivity contribution in [2.24, 2.45) is 5.92 Å². The van der Waals surface area contributed by atoms with Crippen molar-refractivity contribution >= 4 is 28.8 Å². The Morgan fingerprint density at radius 1 is 0.907 bits per heavy atom. The number of nitrogens with one attached hydrogen (secondary N) is 2. The Morgan fingerprint density at radius 2 is 1.58 bits per heavy atom. The highest BCUT2D eigenvalue weighted by molar-refractivity contribution is 5.85. The lowest BCUT2D eigenvalue weighted by molar-refractivity contribution is -0.129. The maximum atomic E-state index is 12.6. The summed E-state index contributed by atoms with van der Waals surface area (Å²) in [6, 6.07) is 19.9. The molecule has 2 aliphatic carbocycles. The predicted molar refractivity (Wildman–Crippen MR) is 165 cm³/mol. The van der Waals surface area contributed by atoms with Crippen LogP contribution in [0.25, 0.3) is 11.2 Å². The molecule has 2 aromatic heterocycles. The first kappa shape index (κ1) is 27.8. The van der Waals surface area contributed by atoms with Gasteiger partial charge in [0.05, 0.1) is 18.4 Å². The van der Waals surface area contributed by atoms with Crippen LogP contribution in [0.5, 0.6) is 0 Å². The minimum Gasteiger partial charge on any atom is -0.388 e.